The van der Waals surface area contributed by atoms with Gasteiger partial charge in [0.15, 0.2) is 0 Å². The predicted octanol–water partition coefficient (Wildman–Crippen LogP) is 4.19. The number of hydrogen-bond acceptors (Lipinski definition) is 4. The number of piperidine rings is 1. The smallest absolute Gasteiger partial charge is 0.282 e. The molecule has 0 aromatic heterocycles. The molecule has 0 aliphatic carbocycles. The summed E-state index contributed by atoms with van der Waals surface area (Å²) in [4.78, 5) is 30.5. The number of amides is 2. The summed E-state index contributed by atoms with van der Waals surface area (Å²) in [6.45, 7) is 7.72. The molecule has 1 saturated heterocycles. The van der Waals surface area contributed by atoms with Crippen molar-refractivity contribution in [3.05, 3.63) is 70.4 Å². The molecule has 1 atom stereocenters. The molecule has 30 heavy (non-hydrogen) atoms. The van der Waals surface area contributed by atoms with Crippen LogP contribution in [0.25, 0.3) is 5.57 Å². The normalized spacial score (nSPS) is 19.5. The topological polar surface area (TPSA) is 64.4 Å². The number of anilines is 1. The zero-order valence-corrected chi connectivity index (χ0v) is 17.6. The fraction of sp³-hybridized carbons (Fsp3) is 0.320. The molecule has 5 heteroatoms. The van der Waals surface area contributed by atoms with Gasteiger partial charge >= 0.3 is 0 Å². The maximum Gasteiger partial charge on any atom is 0.282 e. The lowest BCUT2D eigenvalue weighted by atomic mass is 9.95. The highest BCUT2D eigenvalue weighted by Crippen LogP contribution is 2.37. The van der Waals surface area contributed by atoms with E-state index in [0.29, 0.717) is 28.4 Å². The molecule has 2 aromatic rings. The Morgan fingerprint density at radius 1 is 1.03 bits per heavy atom. The van der Waals surface area contributed by atoms with Crippen molar-refractivity contribution in [3.8, 4) is 6.07 Å². The summed E-state index contributed by atoms with van der Waals surface area (Å²) in [5.74, 6) is -0.114. The number of carbonyl (C=O) groups is 2. The molecular formula is C25H25N3O2. The number of imide groups is 1. The van der Waals surface area contributed by atoms with Crippen molar-refractivity contribution in [2.45, 2.75) is 33.6 Å². The Morgan fingerprint density at radius 3 is 2.40 bits per heavy atom. The SMILES string of the molecule is Cc1ccc(C2=C(N3CCCC(C)C3)C(=O)N(c3ccc(C#N)cc3)C2=O)c(C)c1. The summed E-state index contributed by atoms with van der Waals surface area (Å²) in [6, 6.07) is 14.6. The molecule has 2 aliphatic heterocycles. The van der Waals surface area contributed by atoms with E-state index in [-0.39, 0.29) is 11.8 Å². The van der Waals surface area contributed by atoms with Crippen molar-refractivity contribution >= 4 is 23.1 Å². The third-order valence-corrected chi connectivity index (χ3v) is 5.94. The molecule has 0 spiro atoms. The highest BCUT2D eigenvalue weighted by atomic mass is 16.2. The first-order valence-electron chi connectivity index (χ1n) is 10.4. The Morgan fingerprint density at radius 2 is 1.77 bits per heavy atom. The second-order valence-electron chi connectivity index (χ2n) is 8.34. The number of benzene rings is 2. The Kier molecular flexibility index (Phi) is 5.17. The molecule has 1 fully saturated rings. The Hall–Kier alpha value is -3.39. The maximum absolute atomic E-state index is 13.6. The van der Waals surface area contributed by atoms with Crippen LogP contribution < -0.4 is 4.90 Å². The molecule has 152 valence electrons. The minimum Gasteiger partial charge on any atom is -0.366 e. The fourth-order valence-corrected chi connectivity index (χ4v) is 4.46. The average molecular weight is 399 g/mol. The average Bonchev–Trinajstić information content (AvgIpc) is 2.98. The van der Waals surface area contributed by atoms with Gasteiger partial charge in [-0.3, -0.25) is 9.59 Å². The van der Waals surface area contributed by atoms with Crippen LogP contribution in [0.5, 0.6) is 0 Å². The zero-order valence-electron chi connectivity index (χ0n) is 17.6. The van der Waals surface area contributed by atoms with Crippen LogP contribution in [-0.4, -0.2) is 29.8 Å². The van der Waals surface area contributed by atoms with Gasteiger partial charge in [0.1, 0.15) is 5.70 Å². The Bertz CT molecular complexity index is 1090. The van der Waals surface area contributed by atoms with Crippen LogP contribution in [-0.2, 0) is 9.59 Å². The number of nitrogens with zero attached hydrogens (tertiary/aromatic N) is 3. The van der Waals surface area contributed by atoms with E-state index in [1.165, 1.54) is 4.90 Å². The molecule has 2 aliphatic rings. The summed E-state index contributed by atoms with van der Waals surface area (Å²) in [5, 5.41) is 9.07. The van der Waals surface area contributed by atoms with Gasteiger partial charge in [-0.25, -0.2) is 4.90 Å². The molecule has 1 unspecified atom stereocenters. The van der Waals surface area contributed by atoms with E-state index in [1.807, 2.05) is 32.0 Å². The van der Waals surface area contributed by atoms with Gasteiger partial charge in [-0.2, -0.15) is 5.26 Å². The monoisotopic (exact) mass is 399 g/mol. The third kappa shape index (κ3) is 3.39. The molecule has 0 radical (unpaired) electrons. The van der Waals surface area contributed by atoms with E-state index in [4.69, 9.17) is 5.26 Å². The van der Waals surface area contributed by atoms with Gasteiger partial charge in [0, 0.05) is 13.1 Å². The molecule has 2 aromatic carbocycles. The van der Waals surface area contributed by atoms with Crippen LogP contribution in [0.1, 0.15) is 42.0 Å². The summed E-state index contributed by atoms with van der Waals surface area (Å²) in [7, 11) is 0. The van der Waals surface area contributed by atoms with Gasteiger partial charge in [-0.1, -0.05) is 30.7 Å². The van der Waals surface area contributed by atoms with E-state index in [9.17, 15) is 9.59 Å². The van der Waals surface area contributed by atoms with Crippen LogP contribution in [0.15, 0.2) is 48.2 Å². The van der Waals surface area contributed by atoms with Gasteiger partial charge in [0.05, 0.1) is 22.9 Å². The molecular weight excluding hydrogens is 374 g/mol. The minimum atomic E-state index is -0.301. The summed E-state index contributed by atoms with van der Waals surface area (Å²) in [5.41, 5.74) is 4.88. The van der Waals surface area contributed by atoms with E-state index >= 15 is 0 Å². The van der Waals surface area contributed by atoms with Gasteiger partial charge in [-0.05, 0) is 68.0 Å². The predicted molar refractivity (Wildman–Crippen MR) is 116 cm³/mol. The van der Waals surface area contributed by atoms with Gasteiger partial charge in [0.25, 0.3) is 11.8 Å². The summed E-state index contributed by atoms with van der Waals surface area (Å²) in [6.07, 6.45) is 2.13. The Balaban J connectivity index is 1.84. The van der Waals surface area contributed by atoms with Gasteiger partial charge in [0.2, 0.25) is 0 Å². The molecule has 2 amide bonds. The van der Waals surface area contributed by atoms with Crippen molar-refractivity contribution in [3.63, 3.8) is 0 Å². The first-order valence-corrected chi connectivity index (χ1v) is 10.4. The van der Waals surface area contributed by atoms with E-state index < -0.39 is 0 Å². The molecule has 0 bridgehead atoms. The second kappa shape index (κ2) is 7.79. The molecule has 5 nitrogen and oxygen atoms in total. The largest absolute Gasteiger partial charge is 0.366 e. The van der Waals surface area contributed by atoms with Crippen LogP contribution in [0.2, 0.25) is 0 Å². The van der Waals surface area contributed by atoms with Crippen molar-refractivity contribution in [1.29, 1.82) is 5.26 Å². The summed E-state index contributed by atoms with van der Waals surface area (Å²) < 4.78 is 0. The van der Waals surface area contributed by atoms with Crippen LogP contribution in [0.3, 0.4) is 0 Å². The van der Waals surface area contributed by atoms with Crippen LogP contribution in [0, 0.1) is 31.1 Å². The molecule has 0 N–H and O–H groups in total. The fourth-order valence-electron chi connectivity index (χ4n) is 4.46. The third-order valence-electron chi connectivity index (χ3n) is 5.94. The van der Waals surface area contributed by atoms with E-state index in [1.54, 1.807) is 24.3 Å². The second-order valence-corrected chi connectivity index (χ2v) is 8.34. The molecule has 0 saturated carbocycles. The van der Waals surface area contributed by atoms with Gasteiger partial charge < -0.3 is 4.90 Å². The standard InChI is InChI=1S/C25H25N3O2/c1-16-6-11-21(18(3)13-16)22-23(27-12-4-5-17(2)15-27)25(30)28(24(22)29)20-9-7-19(14-26)8-10-20/h6-11,13,17H,4-5,12,15H2,1-3H3. The van der Waals surface area contributed by atoms with Crippen LogP contribution >= 0.6 is 0 Å². The Labute approximate surface area is 177 Å². The summed E-state index contributed by atoms with van der Waals surface area (Å²) >= 11 is 0. The number of aryl methyl sites for hydroxylation is 2. The van der Waals surface area contributed by atoms with Crippen molar-refractivity contribution in [2.24, 2.45) is 5.92 Å². The van der Waals surface area contributed by atoms with E-state index in [2.05, 4.69) is 17.9 Å². The van der Waals surface area contributed by atoms with Crippen molar-refractivity contribution in [2.75, 3.05) is 18.0 Å². The quantitative estimate of drug-likeness (QED) is 0.726. The van der Waals surface area contributed by atoms with Gasteiger partial charge in [-0.15, -0.1) is 0 Å². The highest BCUT2D eigenvalue weighted by Gasteiger charge is 2.43. The molecule has 2 heterocycles. The van der Waals surface area contributed by atoms with Crippen LogP contribution in [0.4, 0.5) is 5.69 Å². The van der Waals surface area contributed by atoms with E-state index in [0.717, 1.165) is 42.6 Å². The molecule has 4 rings (SSSR count). The van der Waals surface area contributed by atoms with Crippen molar-refractivity contribution < 1.29 is 9.59 Å². The zero-order chi connectivity index (χ0) is 21.4. The number of rotatable bonds is 3. The lowest BCUT2D eigenvalue weighted by molar-refractivity contribution is -0.120. The number of likely N-dealkylation sites (tertiary alicyclic amines) is 1. The minimum absolute atomic E-state index is 0.284. The first-order chi connectivity index (χ1) is 14.4. The maximum atomic E-state index is 13.6. The van der Waals surface area contributed by atoms with Crippen molar-refractivity contribution in [1.82, 2.24) is 4.90 Å². The highest BCUT2D eigenvalue weighted by molar-refractivity contribution is 6.45. The first kappa shape index (κ1) is 19.9. The lowest BCUT2D eigenvalue weighted by Gasteiger charge is -2.33. The number of carbonyl (C=O) groups excluding carboxylic acids is 2. The number of hydrogen-bond donors (Lipinski definition) is 0. The lowest BCUT2D eigenvalue weighted by Crippen LogP contribution is -2.39. The number of nitriles is 1.